The van der Waals surface area contributed by atoms with Gasteiger partial charge in [-0.05, 0) is 100 Å². The molecule has 5 aromatic carbocycles. The summed E-state index contributed by atoms with van der Waals surface area (Å²) in [4.78, 5) is 15.3. The van der Waals surface area contributed by atoms with Crippen LogP contribution in [0.5, 0.6) is 0 Å². The molecule has 0 atom stereocenters. The van der Waals surface area contributed by atoms with Gasteiger partial charge in [0.05, 0.1) is 11.2 Å². The van der Waals surface area contributed by atoms with Crippen molar-refractivity contribution in [3.05, 3.63) is 132 Å². The molecule has 6 heteroatoms. The van der Waals surface area contributed by atoms with Crippen LogP contribution in [0.1, 0.15) is 107 Å². The van der Waals surface area contributed by atoms with Crippen molar-refractivity contribution >= 4 is 12.6 Å². The maximum atomic E-state index is 6.70. The third-order valence-corrected chi connectivity index (χ3v) is 11.6. The Morgan fingerprint density at radius 2 is 0.702 bits per heavy atom. The number of aromatic nitrogens is 3. The molecular weight excluding hydrogens is 697 g/mol. The number of nitrogens with zero attached hydrogens (tertiary/aromatic N) is 3. The fourth-order valence-electron chi connectivity index (χ4n) is 7.05. The summed E-state index contributed by atoms with van der Waals surface area (Å²) in [6.45, 7) is 29.0. The van der Waals surface area contributed by atoms with Gasteiger partial charge in [0.2, 0.25) is 0 Å². The molecule has 0 spiro atoms. The molecule has 0 saturated carbocycles. The van der Waals surface area contributed by atoms with E-state index in [9.17, 15) is 0 Å². The molecule has 0 amide bonds. The lowest BCUT2D eigenvalue weighted by Crippen LogP contribution is -2.41. The molecular formula is C51H58BN3O2. The predicted octanol–water partition coefficient (Wildman–Crippen LogP) is 12.4. The quantitative estimate of drug-likeness (QED) is 0.158. The van der Waals surface area contributed by atoms with Gasteiger partial charge < -0.3 is 9.31 Å². The molecule has 1 fully saturated rings. The largest absolute Gasteiger partial charge is 0.494 e. The average molecular weight is 756 g/mol. The Morgan fingerprint density at radius 1 is 0.386 bits per heavy atom. The van der Waals surface area contributed by atoms with Crippen molar-refractivity contribution < 1.29 is 9.31 Å². The normalized spacial score (nSPS) is 15.6. The highest BCUT2D eigenvalue weighted by Crippen LogP contribution is 2.40. The van der Waals surface area contributed by atoms with Crippen molar-refractivity contribution in [2.24, 2.45) is 0 Å². The Morgan fingerprint density at radius 3 is 1.11 bits per heavy atom. The summed E-state index contributed by atoms with van der Waals surface area (Å²) in [5.74, 6) is 1.82. The van der Waals surface area contributed by atoms with Gasteiger partial charge in [-0.1, -0.05) is 165 Å². The Balaban J connectivity index is 1.48. The van der Waals surface area contributed by atoms with Gasteiger partial charge in [0.1, 0.15) is 0 Å². The van der Waals surface area contributed by atoms with E-state index in [0.717, 1.165) is 33.3 Å². The Bertz CT molecular complexity index is 2310. The first-order chi connectivity index (χ1) is 26.6. The summed E-state index contributed by atoms with van der Waals surface area (Å²) in [7, 11) is -0.583. The second-order valence-electron chi connectivity index (χ2n) is 19.8. The van der Waals surface area contributed by atoms with Crippen LogP contribution in [0.4, 0.5) is 0 Å². The summed E-state index contributed by atoms with van der Waals surface area (Å²) < 4.78 is 13.4. The zero-order chi connectivity index (χ0) is 41.1. The molecule has 0 unspecified atom stereocenters. The molecule has 0 radical (unpaired) electrons. The van der Waals surface area contributed by atoms with Gasteiger partial charge >= 0.3 is 7.12 Å². The summed E-state index contributed by atoms with van der Waals surface area (Å²) in [5.41, 5.74) is 11.0. The van der Waals surface area contributed by atoms with Crippen molar-refractivity contribution in [1.29, 1.82) is 0 Å². The maximum Gasteiger partial charge on any atom is 0.494 e. The lowest BCUT2D eigenvalue weighted by molar-refractivity contribution is 0.00578. The monoisotopic (exact) mass is 755 g/mol. The van der Waals surface area contributed by atoms with E-state index >= 15 is 0 Å². The second-order valence-corrected chi connectivity index (χ2v) is 19.8. The number of rotatable bonds is 6. The molecule has 6 aromatic rings. The van der Waals surface area contributed by atoms with Gasteiger partial charge in [-0.3, -0.25) is 0 Å². The van der Waals surface area contributed by atoms with Crippen LogP contribution in [0.15, 0.2) is 115 Å². The van der Waals surface area contributed by atoms with Crippen molar-refractivity contribution in [3.63, 3.8) is 0 Å². The summed E-state index contributed by atoms with van der Waals surface area (Å²) in [6.07, 6.45) is 0. The van der Waals surface area contributed by atoms with Crippen LogP contribution in [0.2, 0.25) is 0 Å². The SMILES string of the molecule is CC(C)(C)c1cc(-c2cc(B3OC(C)(C)C(C)(C)O3)cc(-c3nc(-c4ccccc4)nc(-c4ccccc4)n3)c2)cc(-c2cc(C(C)(C)C)cc(C(C)(C)C)c2)c1. The van der Waals surface area contributed by atoms with E-state index in [4.69, 9.17) is 24.3 Å². The molecule has 0 aliphatic carbocycles. The molecule has 1 saturated heterocycles. The Labute approximate surface area is 341 Å². The molecule has 5 nitrogen and oxygen atoms in total. The van der Waals surface area contributed by atoms with Crippen LogP contribution < -0.4 is 5.46 Å². The van der Waals surface area contributed by atoms with E-state index in [1.807, 2.05) is 60.7 Å². The molecule has 1 aliphatic rings. The summed E-state index contributed by atoms with van der Waals surface area (Å²) in [6, 6.07) is 41.0. The van der Waals surface area contributed by atoms with Crippen LogP contribution in [-0.4, -0.2) is 33.3 Å². The fourth-order valence-corrected chi connectivity index (χ4v) is 7.05. The zero-order valence-corrected chi connectivity index (χ0v) is 36.2. The van der Waals surface area contributed by atoms with Crippen LogP contribution >= 0.6 is 0 Å². The predicted molar refractivity (Wildman–Crippen MR) is 239 cm³/mol. The average Bonchev–Trinajstić information content (AvgIpc) is 3.39. The van der Waals surface area contributed by atoms with E-state index in [2.05, 4.69) is 145 Å². The Hall–Kier alpha value is -4.91. The van der Waals surface area contributed by atoms with Crippen molar-refractivity contribution in [1.82, 2.24) is 15.0 Å². The lowest BCUT2D eigenvalue weighted by Gasteiger charge is -2.32. The van der Waals surface area contributed by atoms with Crippen LogP contribution in [-0.2, 0) is 25.6 Å². The summed E-state index contributed by atoms with van der Waals surface area (Å²) >= 11 is 0. The van der Waals surface area contributed by atoms with Gasteiger partial charge in [0.25, 0.3) is 0 Å². The minimum absolute atomic E-state index is 0.00566. The molecule has 57 heavy (non-hydrogen) atoms. The standard InChI is InChI=1S/C51H58BN3O2/c1-47(2,3)40-26-35(24-36(27-40)38-28-41(48(4,5)6)32-42(29-38)49(7,8)9)37-25-39(31-43(30-37)52-56-50(10,11)51(12,13)57-52)46-54-44(33-20-16-14-17-21-33)53-45(55-46)34-22-18-15-19-23-34/h14-32H,1-13H3. The van der Waals surface area contributed by atoms with Crippen molar-refractivity contribution in [2.45, 2.75) is 117 Å². The van der Waals surface area contributed by atoms with Crippen LogP contribution in [0.25, 0.3) is 56.4 Å². The molecule has 7 rings (SSSR count). The second kappa shape index (κ2) is 14.5. The van der Waals surface area contributed by atoms with Gasteiger partial charge in [-0.2, -0.15) is 0 Å². The molecule has 1 aromatic heterocycles. The maximum absolute atomic E-state index is 6.70. The van der Waals surface area contributed by atoms with Crippen LogP contribution in [0.3, 0.4) is 0 Å². The van der Waals surface area contributed by atoms with E-state index < -0.39 is 18.3 Å². The van der Waals surface area contributed by atoms with Crippen LogP contribution in [0, 0.1) is 0 Å². The highest BCUT2D eigenvalue weighted by molar-refractivity contribution is 6.62. The van der Waals surface area contributed by atoms with Crippen molar-refractivity contribution in [2.75, 3.05) is 0 Å². The van der Waals surface area contributed by atoms with Gasteiger partial charge in [0.15, 0.2) is 17.5 Å². The zero-order valence-electron chi connectivity index (χ0n) is 36.2. The van der Waals surface area contributed by atoms with Gasteiger partial charge in [-0.25, -0.2) is 15.0 Å². The highest BCUT2D eigenvalue weighted by atomic mass is 16.7. The molecule has 1 aliphatic heterocycles. The molecule has 0 N–H and O–H groups in total. The topological polar surface area (TPSA) is 57.1 Å². The first-order valence-corrected chi connectivity index (χ1v) is 20.3. The van der Waals surface area contributed by atoms with E-state index in [0.29, 0.717) is 17.5 Å². The first-order valence-electron chi connectivity index (χ1n) is 20.3. The summed E-state index contributed by atoms with van der Waals surface area (Å²) in [5, 5.41) is 0. The third-order valence-electron chi connectivity index (χ3n) is 11.6. The molecule has 0 bridgehead atoms. The fraction of sp³-hybridized carbons (Fsp3) is 0.353. The minimum Gasteiger partial charge on any atom is -0.399 e. The van der Waals surface area contributed by atoms with E-state index in [1.165, 1.54) is 27.8 Å². The third kappa shape index (κ3) is 8.54. The number of benzene rings is 5. The van der Waals surface area contributed by atoms with E-state index in [1.54, 1.807) is 0 Å². The molecule has 292 valence electrons. The highest BCUT2D eigenvalue weighted by Gasteiger charge is 2.52. The lowest BCUT2D eigenvalue weighted by atomic mass is 9.76. The smallest absolute Gasteiger partial charge is 0.399 e. The van der Waals surface area contributed by atoms with Crippen molar-refractivity contribution in [3.8, 4) is 56.4 Å². The Kier molecular flexibility index (Phi) is 10.2. The molecule has 2 heterocycles. The minimum atomic E-state index is -0.583. The number of hydrogen-bond donors (Lipinski definition) is 0. The number of hydrogen-bond acceptors (Lipinski definition) is 5. The van der Waals surface area contributed by atoms with E-state index in [-0.39, 0.29) is 16.2 Å². The van der Waals surface area contributed by atoms with Gasteiger partial charge in [-0.15, -0.1) is 0 Å². The first kappa shape index (κ1) is 40.3. The van der Waals surface area contributed by atoms with Gasteiger partial charge in [0, 0.05) is 16.7 Å².